The normalized spacial score (nSPS) is 13.1. The lowest BCUT2D eigenvalue weighted by Crippen LogP contribution is -2.44. The van der Waals surface area contributed by atoms with E-state index < -0.39 is 10.0 Å². The number of H-pyrrole nitrogens is 1. The van der Waals surface area contributed by atoms with Gasteiger partial charge in [0.2, 0.25) is 0 Å². The number of rotatable bonds is 9. The molecule has 4 aromatic rings. The summed E-state index contributed by atoms with van der Waals surface area (Å²) in [5.41, 5.74) is 6.64. The SMILES string of the molecule is CCOc1cc2c(cc1OC)-c1c/c(=N\c3c(C)cc(C)cc3C)n(CCNS(=O)(=O)c3c[nH]cn3)c(=O)n1CC2. The van der Waals surface area contributed by atoms with Crippen molar-refractivity contribution in [2.75, 3.05) is 20.3 Å². The maximum atomic E-state index is 14.0. The van der Waals surface area contributed by atoms with Gasteiger partial charge in [0.15, 0.2) is 16.5 Å². The number of aromatic amines is 1. The molecule has 1 aliphatic rings. The van der Waals surface area contributed by atoms with E-state index in [-0.39, 0.29) is 23.8 Å². The Hall–Kier alpha value is -4.16. The van der Waals surface area contributed by atoms with Gasteiger partial charge in [0.25, 0.3) is 10.0 Å². The van der Waals surface area contributed by atoms with Gasteiger partial charge in [0, 0.05) is 37.5 Å². The second-order valence-corrected chi connectivity index (χ2v) is 11.7. The summed E-state index contributed by atoms with van der Waals surface area (Å²) in [6.45, 7) is 8.94. The third kappa shape index (κ3) is 5.57. The van der Waals surface area contributed by atoms with E-state index in [4.69, 9.17) is 14.5 Å². The highest BCUT2D eigenvalue weighted by molar-refractivity contribution is 7.89. The lowest BCUT2D eigenvalue weighted by atomic mass is 9.97. The van der Waals surface area contributed by atoms with Gasteiger partial charge in [-0.05, 0) is 62.9 Å². The van der Waals surface area contributed by atoms with E-state index in [1.165, 1.54) is 17.1 Å². The molecule has 1 aliphatic heterocycles. The van der Waals surface area contributed by atoms with Crippen molar-refractivity contribution in [3.8, 4) is 22.8 Å². The molecule has 12 heteroatoms. The van der Waals surface area contributed by atoms with Gasteiger partial charge in [-0.3, -0.25) is 9.13 Å². The summed E-state index contributed by atoms with van der Waals surface area (Å²) in [4.78, 5) is 25.4. The maximum Gasteiger partial charge on any atom is 0.330 e. The van der Waals surface area contributed by atoms with E-state index in [1.807, 2.05) is 45.9 Å². The molecule has 2 aromatic carbocycles. The molecule has 2 aromatic heterocycles. The largest absolute Gasteiger partial charge is 0.493 e. The van der Waals surface area contributed by atoms with E-state index in [2.05, 4.69) is 26.8 Å². The van der Waals surface area contributed by atoms with Gasteiger partial charge in [0.05, 0.1) is 31.4 Å². The van der Waals surface area contributed by atoms with E-state index in [0.717, 1.165) is 33.5 Å². The number of methoxy groups -OCH3 is 1. The van der Waals surface area contributed by atoms with E-state index in [1.54, 1.807) is 11.7 Å². The van der Waals surface area contributed by atoms with Crippen molar-refractivity contribution >= 4 is 15.7 Å². The quantitative estimate of drug-likeness (QED) is 0.314. The molecule has 11 nitrogen and oxygen atoms in total. The minimum absolute atomic E-state index is 0.0229. The zero-order valence-electron chi connectivity index (χ0n) is 23.8. The van der Waals surface area contributed by atoms with Gasteiger partial charge in [-0.2, -0.15) is 0 Å². The number of fused-ring (bicyclic) bond motifs is 3. The number of benzene rings is 2. The molecule has 0 spiro atoms. The van der Waals surface area contributed by atoms with Crippen molar-refractivity contribution in [2.45, 2.75) is 52.2 Å². The van der Waals surface area contributed by atoms with Crippen molar-refractivity contribution in [3.05, 3.63) is 81.1 Å². The number of imidazole rings is 1. The second-order valence-electron chi connectivity index (χ2n) is 9.98. The summed E-state index contributed by atoms with van der Waals surface area (Å²) in [5.74, 6) is 1.25. The molecule has 0 unspecified atom stereocenters. The van der Waals surface area contributed by atoms with Crippen molar-refractivity contribution in [2.24, 2.45) is 4.99 Å². The molecule has 0 saturated carbocycles. The van der Waals surface area contributed by atoms with Crippen molar-refractivity contribution in [3.63, 3.8) is 0 Å². The molecule has 0 amide bonds. The lowest BCUT2D eigenvalue weighted by Gasteiger charge is -2.25. The molecule has 41 heavy (non-hydrogen) atoms. The first-order chi connectivity index (χ1) is 19.6. The number of aromatic nitrogens is 4. The fourth-order valence-electron chi connectivity index (χ4n) is 5.30. The monoisotopic (exact) mass is 578 g/mol. The first kappa shape index (κ1) is 28.4. The standard InChI is InChI=1S/C29H34N6O5S/c1-6-40-25-13-21-7-9-34-23(22(21)14-24(25)39-5)15-26(33-28-19(3)11-18(2)12-20(28)4)35(29(34)36)10-8-32-41(37,38)27-16-30-17-31-27/h11-17,32H,6-10H2,1-5H3,(H,30,31)/b33-26+. The summed E-state index contributed by atoms with van der Waals surface area (Å²) in [5, 5.41) is -0.113. The topological polar surface area (TPSA) is 133 Å². The number of hydrogen-bond acceptors (Lipinski definition) is 7. The second kappa shape index (κ2) is 11.4. The van der Waals surface area contributed by atoms with Crippen molar-refractivity contribution in [1.82, 2.24) is 23.8 Å². The van der Waals surface area contributed by atoms with Gasteiger partial charge < -0.3 is 14.5 Å². The number of aryl methyl sites for hydroxylation is 4. The predicted molar refractivity (Wildman–Crippen MR) is 155 cm³/mol. The minimum Gasteiger partial charge on any atom is -0.493 e. The third-order valence-electron chi connectivity index (χ3n) is 7.10. The summed E-state index contributed by atoms with van der Waals surface area (Å²) >= 11 is 0. The molecule has 0 saturated heterocycles. The number of nitrogens with one attached hydrogen (secondary N) is 2. The Morgan fingerprint density at radius 3 is 2.51 bits per heavy atom. The van der Waals surface area contributed by atoms with Crippen LogP contribution in [0.4, 0.5) is 5.69 Å². The summed E-state index contributed by atoms with van der Waals surface area (Å²) in [7, 11) is -2.24. The van der Waals surface area contributed by atoms with Crippen LogP contribution in [0.2, 0.25) is 0 Å². The number of hydrogen-bond donors (Lipinski definition) is 2. The van der Waals surface area contributed by atoms with Crippen LogP contribution in [-0.4, -0.2) is 47.8 Å². The van der Waals surface area contributed by atoms with Gasteiger partial charge in [-0.15, -0.1) is 0 Å². The Balaban J connectivity index is 1.66. The first-order valence-corrected chi connectivity index (χ1v) is 14.9. The van der Waals surface area contributed by atoms with E-state index in [9.17, 15) is 13.2 Å². The molecule has 0 atom stereocenters. The molecule has 0 radical (unpaired) electrons. The molecular weight excluding hydrogens is 544 g/mol. The Morgan fingerprint density at radius 2 is 1.85 bits per heavy atom. The number of sulfonamides is 1. The summed E-state index contributed by atoms with van der Waals surface area (Å²) in [6, 6.07) is 9.87. The fourth-order valence-corrected chi connectivity index (χ4v) is 6.22. The molecule has 5 rings (SSSR count). The molecule has 2 N–H and O–H groups in total. The molecular formula is C29H34N6O5S. The van der Waals surface area contributed by atoms with Crippen LogP contribution in [0.25, 0.3) is 11.3 Å². The Labute approximate surface area is 238 Å². The van der Waals surface area contributed by atoms with Gasteiger partial charge in [0.1, 0.15) is 5.49 Å². The van der Waals surface area contributed by atoms with Crippen LogP contribution in [0.3, 0.4) is 0 Å². The van der Waals surface area contributed by atoms with Crippen LogP contribution in [0.1, 0.15) is 29.2 Å². The summed E-state index contributed by atoms with van der Waals surface area (Å²) in [6.07, 6.45) is 3.23. The molecule has 0 aliphatic carbocycles. The van der Waals surface area contributed by atoms with Crippen LogP contribution in [0.15, 0.2) is 57.7 Å². The molecule has 3 heterocycles. The zero-order valence-corrected chi connectivity index (χ0v) is 24.6. The maximum absolute atomic E-state index is 14.0. The van der Waals surface area contributed by atoms with Crippen LogP contribution in [0, 0.1) is 20.8 Å². The Morgan fingerprint density at radius 1 is 1.10 bits per heavy atom. The Kier molecular flexibility index (Phi) is 7.87. The highest BCUT2D eigenvalue weighted by Crippen LogP contribution is 2.37. The average molecular weight is 579 g/mol. The zero-order chi connectivity index (χ0) is 29.3. The van der Waals surface area contributed by atoms with Gasteiger partial charge in [-0.1, -0.05) is 17.7 Å². The van der Waals surface area contributed by atoms with Crippen LogP contribution >= 0.6 is 0 Å². The number of ether oxygens (including phenoxy) is 2. The third-order valence-corrected chi connectivity index (χ3v) is 8.46. The van der Waals surface area contributed by atoms with Crippen LogP contribution in [0.5, 0.6) is 11.5 Å². The fraction of sp³-hybridized carbons (Fsp3) is 0.345. The van der Waals surface area contributed by atoms with E-state index >= 15 is 0 Å². The first-order valence-electron chi connectivity index (χ1n) is 13.4. The highest BCUT2D eigenvalue weighted by Gasteiger charge is 2.23. The lowest BCUT2D eigenvalue weighted by molar-refractivity contribution is 0.310. The summed E-state index contributed by atoms with van der Waals surface area (Å²) < 4.78 is 42.4. The number of nitrogens with zero attached hydrogens (tertiary/aromatic N) is 4. The Bertz CT molecular complexity index is 1820. The molecule has 216 valence electrons. The van der Waals surface area contributed by atoms with Crippen molar-refractivity contribution < 1.29 is 17.9 Å². The van der Waals surface area contributed by atoms with Gasteiger partial charge >= 0.3 is 5.69 Å². The van der Waals surface area contributed by atoms with Gasteiger partial charge in [-0.25, -0.2) is 27.9 Å². The van der Waals surface area contributed by atoms with Crippen LogP contribution in [-0.2, 0) is 29.5 Å². The molecule has 0 fully saturated rings. The van der Waals surface area contributed by atoms with Crippen molar-refractivity contribution in [1.29, 1.82) is 0 Å². The predicted octanol–water partition coefficient (Wildman–Crippen LogP) is 3.14. The highest BCUT2D eigenvalue weighted by atomic mass is 32.2. The van der Waals surface area contributed by atoms with Crippen LogP contribution < -0.4 is 25.4 Å². The minimum atomic E-state index is -3.83. The molecule has 0 bridgehead atoms. The smallest absolute Gasteiger partial charge is 0.330 e. The van der Waals surface area contributed by atoms with E-state index in [0.29, 0.717) is 42.3 Å². The average Bonchev–Trinajstić information content (AvgIpc) is 3.48.